The van der Waals surface area contributed by atoms with E-state index in [9.17, 15) is 14.9 Å². The van der Waals surface area contributed by atoms with E-state index in [0.29, 0.717) is 16.8 Å². The van der Waals surface area contributed by atoms with Gasteiger partial charge in [-0.05, 0) is 25.0 Å². The van der Waals surface area contributed by atoms with Crippen molar-refractivity contribution in [2.75, 3.05) is 23.5 Å². The summed E-state index contributed by atoms with van der Waals surface area (Å²) >= 11 is 1.24. The number of amides is 1. The fraction of sp³-hybridized carbons (Fsp3) is 0.471. The third-order valence-electron chi connectivity index (χ3n) is 4.81. The number of carbonyl (C=O) groups is 1. The number of benzene rings is 1. The fourth-order valence-electron chi connectivity index (χ4n) is 3.19. The highest BCUT2D eigenvalue weighted by Crippen LogP contribution is 2.32. The van der Waals surface area contributed by atoms with Crippen molar-refractivity contribution in [3.63, 3.8) is 0 Å². The predicted molar refractivity (Wildman–Crippen MR) is 103 cm³/mol. The molecule has 0 bridgehead atoms. The molecular formula is C17H22N6O3S. The van der Waals surface area contributed by atoms with E-state index < -0.39 is 4.92 Å². The molecule has 9 nitrogen and oxygen atoms in total. The molecule has 3 rings (SSSR count). The van der Waals surface area contributed by atoms with Gasteiger partial charge in [-0.1, -0.05) is 31.0 Å². The summed E-state index contributed by atoms with van der Waals surface area (Å²) in [6.45, 7) is 0. The molecule has 1 aromatic heterocycles. The van der Waals surface area contributed by atoms with Gasteiger partial charge in [0.25, 0.3) is 5.69 Å². The molecule has 0 spiro atoms. The Labute approximate surface area is 161 Å². The van der Waals surface area contributed by atoms with Gasteiger partial charge in [0, 0.05) is 30.8 Å². The number of nitrogens with zero attached hydrogens (tertiary/aromatic N) is 5. The van der Waals surface area contributed by atoms with Gasteiger partial charge in [0.05, 0.1) is 10.7 Å². The van der Waals surface area contributed by atoms with E-state index in [-0.39, 0.29) is 17.3 Å². The molecule has 1 aliphatic carbocycles. The second-order valence-corrected chi connectivity index (χ2v) is 7.50. The monoisotopic (exact) mass is 390 g/mol. The van der Waals surface area contributed by atoms with Crippen LogP contribution in [0.25, 0.3) is 0 Å². The number of nitrogen functional groups attached to an aromatic ring is 1. The Morgan fingerprint density at radius 2 is 1.96 bits per heavy atom. The van der Waals surface area contributed by atoms with Gasteiger partial charge < -0.3 is 10.7 Å². The predicted octanol–water partition coefficient (Wildman–Crippen LogP) is 2.70. The van der Waals surface area contributed by atoms with Gasteiger partial charge in [0.1, 0.15) is 0 Å². The maximum Gasteiger partial charge on any atom is 0.269 e. The number of hydrogen-bond donors (Lipinski definition) is 1. The first-order chi connectivity index (χ1) is 13.0. The van der Waals surface area contributed by atoms with Crippen LogP contribution in [0.3, 0.4) is 0 Å². The molecule has 1 amide bonds. The topological polar surface area (TPSA) is 120 Å². The minimum Gasteiger partial charge on any atom is -0.336 e. The maximum atomic E-state index is 12.4. The number of thioether (sulfide) groups is 1. The van der Waals surface area contributed by atoms with E-state index in [2.05, 4.69) is 10.2 Å². The summed E-state index contributed by atoms with van der Waals surface area (Å²) < 4.78 is 1.50. The first kappa shape index (κ1) is 19.2. The second-order valence-electron chi connectivity index (χ2n) is 6.56. The minimum atomic E-state index is -0.473. The van der Waals surface area contributed by atoms with Crippen molar-refractivity contribution >= 4 is 29.0 Å². The number of carbonyl (C=O) groups excluding carboxylic acids is 1. The van der Waals surface area contributed by atoms with E-state index in [1.807, 2.05) is 0 Å². The highest BCUT2D eigenvalue weighted by molar-refractivity contribution is 7.99. The molecule has 0 saturated heterocycles. The lowest BCUT2D eigenvalue weighted by Crippen LogP contribution is -2.28. The van der Waals surface area contributed by atoms with Crippen LogP contribution in [-0.4, -0.2) is 38.5 Å². The summed E-state index contributed by atoms with van der Waals surface area (Å²) in [5.74, 6) is 7.25. The average Bonchev–Trinajstić information content (AvgIpc) is 3.06. The van der Waals surface area contributed by atoms with Gasteiger partial charge in [-0.2, -0.15) is 0 Å². The standard InChI is InChI=1S/C17H22N6O3S/c1-21(13-7-9-14(10-8-13)23(25)26)15(24)11-27-17-20-19-16(22(17)18)12-5-3-2-4-6-12/h7-10,12H,2-6,11,18H2,1H3. The van der Waals surface area contributed by atoms with Crippen molar-refractivity contribution in [3.8, 4) is 0 Å². The van der Waals surface area contributed by atoms with E-state index in [1.165, 1.54) is 52.7 Å². The van der Waals surface area contributed by atoms with Crippen LogP contribution in [0.2, 0.25) is 0 Å². The Hall–Kier alpha value is -2.62. The number of hydrogen-bond acceptors (Lipinski definition) is 7. The molecule has 1 heterocycles. The average molecular weight is 390 g/mol. The van der Waals surface area contributed by atoms with Gasteiger partial charge in [-0.15, -0.1) is 10.2 Å². The van der Waals surface area contributed by atoms with E-state index in [4.69, 9.17) is 5.84 Å². The molecule has 27 heavy (non-hydrogen) atoms. The first-order valence-corrected chi connectivity index (χ1v) is 9.80. The van der Waals surface area contributed by atoms with E-state index in [0.717, 1.165) is 18.7 Å². The molecule has 0 radical (unpaired) electrons. The van der Waals surface area contributed by atoms with Crippen LogP contribution < -0.4 is 10.7 Å². The van der Waals surface area contributed by atoms with Crippen molar-refractivity contribution in [2.45, 2.75) is 43.2 Å². The van der Waals surface area contributed by atoms with Crippen LogP contribution >= 0.6 is 11.8 Å². The number of anilines is 1. The Kier molecular flexibility index (Phi) is 5.94. The summed E-state index contributed by atoms with van der Waals surface area (Å²) in [4.78, 5) is 24.1. The zero-order chi connectivity index (χ0) is 19.4. The fourth-order valence-corrected chi connectivity index (χ4v) is 3.97. The zero-order valence-electron chi connectivity index (χ0n) is 15.1. The Morgan fingerprint density at radius 1 is 1.30 bits per heavy atom. The highest BCUT2D eigenvalue weighted by atomic mass is 32.2. The summed E-state index contributed by atoms with van der Waals surface area (Å²) in [5, 5.41) is 19.6. The number of aromatic nitrogens is 3. The molecule has 0 atom stereocenters. The van der Waals surface area contributed by atoms with Crippen LogP contribution in [-0.2, 0) is 4.79 Å². The van der Waals surface area contributed by atoms with Crippen LogP contribution in [0.4, 0.5) is 11.4 Å². The second kappa shape index (κ2) is 8.38. The van der Waals surface area contributed by atoms with Crippen molar-refractivity contribution in [2.24, 2.45) is 0 Å². The molecule has 1 aromatic carbocycles. The molecule has 10 heteroatoms. The number of non-ortho nitro benzene ring substituents is 1. The Bertz CT molecular complexity index is 817. The van der Waals surface area contributed by atoms with Crippen molar-refractivity contribution in [1.82, 2.24) is 14.9 Å². The summed E-state index contributed by atoms with van der Waals surface area (Å²) in [5.41, 5.74) is 0.573. The third-order valence-corrected chi connectivity index (χ3v) is 5.74. The molecule has 1 saturated carbocycles. The molecular weight excluding hydrogens is 368 g/mol. The molecule has 0 aliphatic heterocycles. The lowest BCUT2D eigenvalue weighted by atomic mass is 9.89. The molecule has 144 valence electrons. The lowest BCUT2D eigenvalue weighted by molar-refractivity contribution is -0.384. The van der Waals surface area contributed by atoms with Gasteiger partial charge in [0.2, 0.25) is 11.1 Å². The minimum absolute atomic E-state index is 0.0135. The Balaban J connectivity index is 1.60. The van der Waals surface area contributed by atoms with Gasteiger partial charge in [0.15, 0.2) is 5.82 Å². The van der Waals surface area contributed by atoms with Crippen molar-refractivity contribution < 1.29 is 9.72 Å². The van der Waals surface area contributed by atoms with Crippen LogP contribution in [0.1, 0.15) is 43.8 Å². The smallest absolute Gasteiger partial charge is 0.269 e. The first-order valence-electron chi connectivity index (χ1n) is 8.81. The Morgan fingerprint density at radius 3 is 2.59 bits per heavy atom. The number of nitro groups is 1. The quantitative estimate of drug-likeness (QED) is 0.348. The summed E-state index contributed by atoms with van der Waals surface area (Å²) in [7, 11) is 1.63. The number of nitro benzene ring substituents is 1. The van der Waals surface area contributed by atoms with Gasteiger partial charge >= 0.3 is 0 Å². The van der Waals surface area contributed by atoms with Crippen LogP contribution in [0.15, 0.2) is 29.4 Å². The van der Waals surface area contributed by atoms with Gasteiger partial charge in [-0.3, -0.25) is 14.9 Å². The zero-order valence-corrected chi connectivity index (χ0v) is 15.9. The summed E-state index contributed by atoms with van der Waals surface area (Å²) in [6.07, 6.45) is 5.75. The lowest BCUT2D eigenvalue weighted by Gasteiger charge is -2.20. The number of rotatable bonds is 6. The SMILES string of the molecule is CN(C(=O)CSc1nnc(C2CCCCC2)n1N)c1ccc([N+](=O)[O-])cc1. The van der Waals surface area contributed by atoms with Crippen molar-refractivity contribution in [1.29, 1.82) is 0 Å². The largest absolute Gasteiger partial charge is 0.336 e. The molecule has 1 fully saturated rings. The van der Waals surface area contributed by atoms with E-state index >= 15 is 0 Å². The third kappa shape index (κ3) is 4.38. The van der Waals surface area contributed by atoms with Crippen molar-refractivity contribution in [3.05, 3.63) is 40.2 Å². The maximum absolute atomic E-state index is 12.4. The number of nitrogens with two attached hydrogens (primary N) is 1. The normalized spacial score (nSPS) is 14.9. The van der Waals surface area contributed by atoms with Gasteiger partial charge in [-0.25, -0.2) is 4.68 Å². The molecule has 2 aromatic rings. The molecule has 0 unspecified atom stereocenters. The highest BCUT2D eigenvalue weighted by Gasteiger charge is 2.23. The summed E-state index contributed by atoms with van der Waals surface area (Å²) in [6, 6.07) is 5.85. The van der Waals surface area contributed by atoms with Crippen LogP contribution in [0, 0.1) is 10.1 Å². The molecule has 2 N–H and O–H groups in total. The molecule has 1 aliphatic rings. The van der Waals surface area contributed by atoms with Crippen LogP contribution in [0.5, 0.6) is 0 Å². The van der Waals surface area contributed by atoms with E-state index in [1.54, 1.807) is 19.2 Å².